The van der Waals surface area contributed by atoms with Gasteiger partial charge in [-0.2, -0.15) is 5.48 Å². The van der Waals surface area contributed by atoms with E-state index in [0.717, 1.165) is 0 Å². The molecule has 0 spiro atoms. The van der Waals surface area contributed by atoms with E-state index in [4.69, 9.17) is 10.4 Å². The van der Waals surface area contributed by atoms with Crippen LogP contribution in [0.5, 0.6) is 0 Å². The molecule has 0 amide bonds. The second-order valence-electron chi connectivity index (χ2n) is 1.67. The molecule has 4 N–H and O–H groups in total. The molecule has 0 aromatic rings. The Hall–Kier alpha value is 0.270. The Labute approximate surface area is 49.9 Å². The topological polar surface area (TPSA) is 67.5 Å². The predicted octanol–water partition coefficient (Wildman–Crippen LogP) is 0.0939. The van der Waals surface area contributed by atoms with Crippen molar-refractivity contribution < 1.29 is 9.52 Å². The first kappa shape index (κ1) is 8.27. The van der Waals surface area contributed by atoms with Gasteiger partial charge in [-0.1, -0.05) is 0 Å². The van der Waals surface area contributed by atoms with Crippen LogP contribution in [0.1, 0.15) is 13.8 Å². The molecule has 0 aliphatic rings. The summed E-state index contributed by atoms with van der Waals surface area (Å²) in [6, 6.07) is 0.190. The molecular weight excluding hydrogens is 127 g/mol. The summed E-state index contributed by atoms with van der Waals surface area (Å²) in [5.74, 6) is 0. The zero-order valence-electron chi connectivity index (χ0n) is 4.96. The van der Waals surface area contributed by atoms with Crippen molar-refractivity contribution in [3.8, 4) is 0 Å². The third kappa shape index (κ3) is 6.27. The number of nitrogens with two attached hydrogens (primary N) is 1. The molecule has 0 fully saturated rings. The summed E-state index contributed by atoms with van der Waals surface area (Å²) in [5, 5.41) is 0. The van der Waals surface area contributed by atoms with Gasteiger partial charge in [-0.3, -0.25) is 5.50 Å². The lowest BCUT2D eigenvalue weighted by Crippen LogP contribution is -2.21. The van der Waals surface area contributed by atoms with Crippen LogP contribution in [0.2, 0.25) is 0 Å². The SMILES string of the molecule is CC(C)NOP(N)O. The van der Waals surface area contributed by atoms with Crippen molar-refractivity contribution in [2.24, 2.45) is 5.50 Å². The minimum absolute atomic E-state index is 0.190. The molecule has 8 heavy (non-hydrogen) atoms. The fourth-order valence-electron chi connectivity index (χ4n) is 0.159. The second kappa shape index (κ2) is 4.18. The molecule has 0 aliphatic carbocycles. The summed E-state index contributed by atoms with van der Waals surface area (Å²) in [7, 11) is -1.74. The highest BCUT2D eigenvalue weighted by Gasteiger charge is 1.96. The third-order valence-corrected chi connectivity index (χ3v) is 0.674. The third-order valence-electron chi connectivity index (χ3n) is 0.382. The van der Waals surface area contributed by atoms with Gasteiger partial charge in [0, 0.05) is 6.04 Å². The molecule has 5 heteroatoms. The van der Waals surface area contributed by atoms with Gasteiger partial charge in [0.05, 0.1) is 0 Å². The van der Waals surface area contributed by atoms with Gasteiger partial charge in [-0.15, -0.1) is 0 Å². The maximum absolute atomic E-state index is 8.36. The van der Waals surface area contributed by atoms with Gasteiger partial charge in [-0.05, 0) is 13.8 Å². The van der Waals surface area contributed by atoms with Crippen LogP contribution in [0, 0.1) is 0 Å². The molecule has 0 heterocycles. The first-order valence-corrected chi connectivity index (χ1v) is 3.57. The molecule has 0 saturated carbocycles. The fraction of sp³-hybridized carbons (Fsp3) is 1.00. The Morgan fingerprint density at radius 1 is 1.75 bits per heavy atom. The number of hydrogen-bond acceptors (Lipinski definition) is 4. The molecule has 0 bridgehead atoms. The van der Waals surface area contributed by atoms with Gasteiger partial charge in [0.25, 0.3) is 8.53 Å². The highest BCUT2D eigenvalue weighted by molar-refractivity contribution is 7.43. The van der Waals surface area contributed by atoms with E-state index in [-0.39, 0.29) is 6.04 Å². The standard InChI is InChI=1S/C3H11N2O2P/c1-3(2)5-7-8(4)6/h3,5-6H,4H2,1-2H3. The van der Waals surface area contributed by atoms with Crippen molar-refractivity contribution >= 4 is 8.53 Å². The van der Waals surface area contributed by atoms with E-state index in [1.165, 1.54) is 0 Å². The molecule has 0 aliphatic heterocycles. The molecule has 0 rings (SSSR count). The van der Waals surface area contributed by atoms with E-state index in [1.54, 1.807) is 0 Å². The van der Waals surface area contributed by atoms with Crippen molar-refractivity contribution in [3.05, 3.63) is 0 Å². The molecule has 0 radical (unpaired) electrons. The molecule has 0 saturated heterocycles. The van der Waals surface area contributed by atoms with Gasteiger partial charge in [0.15, 0.2) is 0 Å². The average Bonchev–Trinajstić information content (AvgIpc) is 1.61. The normalized spacial score (nSPS) is 14.6. The maximum Gasteiger partial charge on any atom is 0.268 e. The quantitative estimate of drug-likeness (QED) is 0.382. The van der Waals surface area contributed by atoms with Gasteiger partial charge >= 0.3 is 0 Å². The van der Waals surface area contributed by atoms with E-state index in [0.29, 0.717) is 0 Å². The zero-order valence-corrected chi connectivity index (χ0v) is 5.85. The van der Waals surface area contributed by atoms with Gasteiger partial charge in [-0.25, -0.2) is 4.62 Å². The molecular formula is C3H11N2O2P. The first-order valence-electron chi connectivity index (χ1n) is 2.29. The predicted molar refractivity (Wildman–Crippen MR) is 32.7 cm³/mol. The molecule has 1 unspecified atom stereocenters. The fourth-order valence-corrected chi connectivity index (χ4v) is 0.478. The van der Waals surface area contributed by atoms with Gasteiger partial charge in [0.2, 0.25) is 0 Å². The minimum atomic E-state index is -1.74. The van der Waals surface area contributed by atoms with E-state index in [2.05, 4.69) is 10.1 Å². The molecule has 0 aromatic carbocycles. The van der Waals surface area contributed by atoms with Crippen molar-refractivity contribution in [2.75, 3.05) is 0 Å². The lowest BCUT2D eigenvalue weighted by atomic mass is 10.4. The summed E-state index contributed by atoms with van der Waals surface area (Å²) >= 11 is 0. The lowest BCUT2D eigenvalue weighted by Gasteiger charge is -2.07. The monoisotopic (exact) mass is 138 g/mol. The molecule has 1 atom stereocenters. The maximum atomic E-state index is 8.36. The number of hydroxylamine groups is 1. The second-order valence-corrected chi connectivity index (χ2v) is 2.45. The Morgan fingerprint density at radius 2 is 2.25 bits per heavy atom. The van der Waals surface area contributed by atoms with Crippen LogP contribution in [0.3, 0.4) is 0 Å². The van der Waals surface area contributed by atoms with Crippen LogP contribution in [0.15, 0.2) is 0 Å². The summed E-state index contributed by atoms with van der Waals surface area (Å²) in [5.41, 5.74) is 7.38. The summed E-state index contributed by atoms with van der Waals surface area (Å²) < 4.78 is 4.45. The van der Waals surface area contributed by atoms with Crippen LogP contribution >= 0.6 is 8.53 Å². The minimum Gasteiger partial charge on any atom is -0.337 e. The Bertz CT molecular complexity index is 51.2. The van der Waals surface area contributed by atoms with Gasteiger partial charge < -0.3 is 4.89 Å². The molecule has 50 valence electrons. The van der Waals surface area contributed by atoms with E-state index < -0.39 is 8.53 Å². The number of rotatable bonds is 3. The lowest BCUT2D eigenvalue weighted by molar-refractivity contribution is 0.170. The number of nitrogens with one attached hydrogen (secondary N) is 1. The van der Waals surface area contributed by atoms with Crippen LogP contribution in [-0.2, 0) is 4.62 Å². The first-order chi connectivity index (χ1) is 3.63. The highest BCUT2D eigenvalue weighted by atomic mass is 31.2. The van der Waals surface area contributed by atoms with E-state index in [1.807, 2.05) is 13.8 Å². The van der Waals surface area contributed by atoms with Crippen LogP contribution in [0.25, 0.3) is 0 Å². The summed E-state index contributed by atoms with van der Waals surface area (Å²) in [6.07, 6.45) is 0. The van der Waals surface area contributed by atoms with Crippen LogP contribution in [-0.4, -0.2) is 10.9 Å². The molecule has 4 nitrogen and oxygen atoms in total. The smallest absolute Gasteiger partial charge is 0.268 e. The largest absolute Gasteiger partial charge is 0.337 e. The van der Waals surface area contributed by atoms with Crippen molar-refractivity contribution in [1.29, 1.82) is 0 Å². The van der Waals surface area contributed by atoms with Gasteiger partial charge in [0.1, 0.15) is 0 Å². The van der Waals surface area contributed by atoms with E-state index in [9.17, 15) is 0 Å². The Balaban J connectivity index is 2.93. The highest BCUT2D eigenvalue weighted by Crippen LogP contribution is 2.16. The van der Waals surface area contributed by atoms with Crippen molar-refractivity contribution in [2.45, 2.75) is 19.9 Å². The van der Waals surface area contributed by atoms with Crippen molar-refractivity contribution in [1.82, 2.24) is 5.48 Å². The summed E-state index contributed by atoms with van der Waals surface area (Å²) in [6.45, 7) is 3.78. The summed E-state index contributed by atoms with van der Waals surface area (Å²) in [4.78, 5) is 8.36. The van der Waals surface area contributed by atoms with Crippen LogP contribution in [0.4, 0.5) is 0 Å². The Kier molecular flexibility index (Phi) is 4.32. The Morgan fingerprint density at radius 3 is 2.38 bits per heavy atom. The average molecular weight is 138 g/mol. The number of hydrogen-bond donors (Lipinski definition) is 3. The van der Waals surface area contributed by atoms with E-state index >= 15 is 0 Å². The molecule has 0 aromatic heterocycles. The van der Waals surface area contributed by atoms with Crippen LogP contribution < -0.4 is 11.0 Å². The zero-order chi connectivity index (χ0) is 6.57. The van der Waals surface area contributed by atoms with Crippen molar-refractivity contribution in [3.63, 3.8) is 0 Å².